The molecule has 0 aliphatic carbocycles. The molecule has 0 saturated carbocycles. The SMILES string of the molecule is Cc1ccc(CN(CC(C)C)C(=O)CCN)cc1. The molecule has 1 aromatic rings. The van der Waals surface area contributed by atoms with Crippen LogP contribution in [0.4, 0.5) is 0 Å². The standard InChI is InChI=1S/C15H24N2O/c1-12(2)10-17(15(18)8-9-16)11-14-6-4-13(3)5-7-14/h4-7,12H,8-11,16H2,1-3H3. The minimum Gasteiger partial charge on any atom is -0.338 e. The summed E-state index contributed by atoms with van der Waals surface area (Å²) < 4.78 is 0. The molecule has 0 unspecified atom stereocenters. The summed E-state index contributed by atoms with van der Waals surface area (Å²) in [6.07, 6.45) is 0.429. The van der Waals surface area contributed by atoms with Crippen molar-refractivity contribution in [3.63, 3.8) is 0 Å². The number of carbonyl (C=O) groups is 1. The second-order valence-corrected chi connectivity index (χ2v) is 5.19. The molecule has 1 aromatic carbocycles. The molecule has 1 amide bonds. The molecular formula is C15H24N2O. The van der Waals surface area contributed by atoms with Crippen LogP contribution in [0.5, 0.6) is 0 Å². The first-order valence-electron chi connectivity index (χ1n) is 6.56. The van der Waals surface area contributed by atoms with Crippen LogP contribution in [0.2, 0.25) is 0 Å². The number of benzene rings is 1. The van der Waals surface area contributed by atoms with Crippen LogP contribution in [-0.2, 0) is 11.3 Å². The lowest BCUT2D eigenvalue weighted by atomic mass is 10.1. The first kappa shape index (κ1) is 14.7. The van der Waals surface area contributed by atoms with Gasteiger partial charge in [0.1, 0.15) is 0 Å². The number of nitrogens with zero attached hydrogens (tertiary/aromatic N) is 1. The van der Waals surface area contributed by atoms with Crippen LogP contribution in [0.15, 0.2) is 24.3 Å². The summed E-state index contributed by atoms with van der Waals surface area (Å²) in [5.74, 6) is 0.615. The first-order valence-corrected chi connectivity index (χ1v) is 6.56. The van der Waals surface area contributed by atoms with Gasteiger partial charge in [0, 0.05) is 26.1 Å². The van der Waals surface area contributed by atoms with Crippen LogP contribution in [0.1, 0.15) is 31.4 Å². The van der Waals surface area contributed by atoms with Crippen molar-refractivity contribution < 1.29 is 4.79 Å². The topological polar surface area (TPSA) is 46.3 Å². The van der Waals surface area contributed by atoms with Crippen molar-refractivity contribution in [2.24, 2.45) is 11.7 Å². The largest absolute Gasteiger partial charge is 0.338 e. The molecule has 18 heavy (non-hydrogen) atoms. The molecule has 0 saturated heterocycles. The number of amides is 1. The zero-order valence-corrected chi connectivity index (χ0v) is 11.6. The summed E-state index contributed by atoms with van der Waals surface area (Å²) in [4.78, 5) is 13.9. The highest BCUT2D eigenvalue weighted by molar-refractivity contribution is 5.76. The van der Waals surface area contributed by atoms with E-state index in [1.165, 1.54) is 11.1 Å². The van der Waals surface area contributed by atoms with Gasteiger partial charge in [-0.05, 0) is 18.4 Å². The van der Waals surface area contributed by atoms with Crippen molar-refractivity contribution in [1.82, 2.24) is 4.90 Å². The van der Waals surface area contributed by atoms with Crippen molar-refractivity contribution in [3.05, 3.63) is 35.4 Å². The Morgan fingerprint density at radius 3 is 2.39 bits per heavy atom. The van der Waals surface area contributed by atoms with Gasteiger partial charge in [0.2, 0.25) is 5.91 Å². The van der Waals surface area contributed by atoms with E-state index in [4.69, 9.17) is 5.73 Å². The molecule has 0 bridgehead atoms. The van der Waals surface area contributed by atoms with Crippen LogP contribution < -0.4 is 5.73 Å². The van der Waals surface area contributed by atoms with E-state index < -0.39 is 0 Å². The maximum Gasteiger partial charge on any atom is 0.224 e. The Bertz CT molecular complexity index is 371. The number of nitrogens with two attached hydrogens (primary N) is 1. The van der Waals surface area contributed by atoms with E-state index in [1.807, 2.05) is 4.90 Å². The Morgan fingerprint density at radius 1 is 1.28 bits per heavy atom. The second kappa shape index (κ2) is 7.17. The summed E-state index contributed by atoms with van der Waals surface area (Å²) >= 11 is 0. The zero-order chi connectivity index (χ0) is 13.5. The molecule has 100 valence electrons. The van der Waals surface area contributed by atoms with Gasteiger partial charge in [-0.3, -0.25) is 4.79 Å². The number of carbonyl (C=O) groups excluding carboxylic acids is 1. The van der Waals surface area contributed by atoms with E-state index in [9.17, 15) is 4.79 Å². The highest BCUT2D eigenvalue weighted by Gasteiger charge is 2.14. The fraction of sp³-hybridized carbons (Fsp3) is 0.533. The molecule has 0 heterocycles. The smallest absolute Gasteiger partial charge is 0.224 e. The monoisotopic (exact) mass is 248 g/mol. The molecule has 0 aliphatic heterocycles. The third kappa shape index (κ3) is 4.88. The lowest BCUT2D eigenvalue weighted by Gasteiger charge is -2.24. The van der Waals surface area contributed by atoms with Crippen LogP contribution in [0.3, 0.4) is 0 Å². The maximum atomic E-state index is 12.0. The minimum atomic E-state index is 0.145. The number of hydrogen-bond donors (Lipinski definition) is 1. The van der Waals surface area contributed by atoms with Gasteiger partial charge in [0.05, 0.1) is 0 Å². The highest BCUT2D eigenvalue weighted by atomic mass is 16.2. The van der Waals surface area contributed by atoms with Crippen molar-refractivity contribution in [2.75, 3.05) is 13.1 Å². The van der Waals surface area contributed by atoms with E-state index in [0.717, 1.165) is 6.54 Å². The lowest BCUT2D eigenvalue weighted by Crippen LogP contribution is -2.34. The normalized spacial score (nSPS) is 10.7. The molecule has 3 nitrogen and oxygen atoms in total. The lowest BCUT2D eigenvalue weighted by molar-refractivity contribution is -0.132. The number of aryl methyl sites for hydroxylation is 1. The third-order valence-electron chi connectivity index (χ3n) is 2.79. The quantitative estimate of drug-likeness (QED) is 0.840. The van der Waals surface area contributed by atoms with Gasteiger partial charge in [-0.2, -0.15) is 0 Å². The summed E-state index contributed by atoms with van der Waals surface area (Å²) in [5.41, 5.74) is 7.87. The fourth-order valence-electron chi connectivity index (χ4n) is 1.89. The van der Waals surface area contributed by atoms with Crippen LogP contribution in [0.25, 0.3) is 0 Å². The Labute approximate surface area is 110 Å². The van der Waals surface area contributed by atoms with Gasteiger partial charge in [0.15, 0.2) is 0 Å². The second-order valence-electron chi connectivity index (χ2n) is 5.19. The molecule has 0 fully saturated rings. The number of rotatable bonds is 6. The van der Waals surface area contributed by atoms with Gasteiger partial charge in [0.25, 0.3) is 0 Å². The fourth-order valence-corrected chi connectivity index (χ4v) is 1.89. The van der Waals surface area contributed by atoms with E-state index in [1.54, 1.807) is 0 Å². The molecule has 0 spiro atoms. The van der Waals surface area contributed by atoms with Crippen molar-refractivity contribution in [2.45, 2.75) is 33.7 Å². The molecule has 0 aromatic heterocycles. The predicted molar refractivity (Wildman–Crippen MR) is 75.1 cm³/mol. The van der Waals surface area contributed by atoms with E-state index >= 15 is 0 Å². The van der Waals surface area contributed by atoms with Crippen molar-refractivity contribution >= 4 is 5.91 Å². The van der Waals surface area contributed by atoms with Crippen molar-refractivity contribution in [1.29, 1.82) is 0 Å². The zero-order valence-electron chi connectivity index (χ0n) is 11.6. The number of hydrogen-bond acceptors (Lipinski definition) is 2. The summed E-state index contributed by atoms with van der Waals surface area (Å²) in [6, 6.07) is 8.32. The summed E-state index contributed by atoms with van der Waals surface area (Å²) in [7, 11) is 0. The Kier molecular flexibility index (Phi) is 5.86. The highest BCUT2D eigenvalue weighted by Crippen LogP contribution is 2.10. The van der Waals surface area contributed by atoms with Gasteiger partial charge >= 0.3 is 0 Å². The van der Waals surface area contributed by atoms with Gasteiger partial charge in [-0.25, -0.2) is 0 Å². The molecule has 0 aliphatic rings. The predicted octanol–water partition coefficient (Wildman–Crippen LogP) is 2.33. The third-order valence-corrected chi connectivity index (χ3v) is 2.79. The molecule has 1 rings (SSSR count). The Hall–Kier alpha value is -1.35. The van der Waals surface area contributed by atoms with Crippen LogP contribution >= 0.6 is 0 Å². The van der Waals surface area contributed by atoms with Gasteiger partial charge in [-0.1, -0.05) is 43.7 Å². The molecular weight excluding hydrogens is 224 g/mol. The van der Waals surface area contributed by atoms with Crippen LogP contribution in [0, 0.1) is 12.8 Å². The van der Waals surface area contributed by atoms with Crippen LogP contribution in [-0.4, -0.2) is 23.9 Å². The first-order chi connectivity index (χ1) is 8.52. The maximum absolute atomic E-state index is 12.0. The minimum absolute atomic E-state index is 0.145. The Morgan fingerprint density at radius 2 is 1.89 bits per heavy atom. The Balaban J connectivity index is 2.71. The van der Waals surface area contributed by atoms with Gasteiger partial charge in [-0.15, -0.1) is 0 Å². The molecule has 3 heteroatoms. The average Bonchev–Trinajstić information content (AvgIpc) is 2.31. The summed E-state index contributed by atoms with van der Waals surface area (Å²) in [6.45, 7) is 8.19. The van der Waals surface area contributed by atoms with Gasteiger partial charge < -0.3 is 10.6 Å². The molecule has 0 radical (unpaired) electrons. The summed E-state index contributed by atoms with van der Waals surface area (Å²) in [5, 5.41) is 0. The van der Waals surface area contributed by atoms with Crippen molar-refractivity contribution in [3.8, 4) is 0 Å². The van der Waals surface area contributed by atoms with E-state index in [2.05, 4.69) is 45.0 Å². The molecule has 0 atom stereocenters. The average molecular weight is 248 g/mol. The van der Waals surface area contributed by atoms with E-state index in [-0.39, 0.29) is 5.91 Å². The molecule has 2 N–H and O–H groups in total. The van der Waals surface area contributed by atoms with E-state index in [0.29, 0.717) is 25.4 Å².